The largest absolute Gasteiger partial charge is 0.467 e. The molecule has 2 aromatic rings. The lowest BCUT2D eigenvalue weighted by atomic mass is 10.1. The number of nitrogens with two attached hydrogens (primary N) is 2. The van der Waals surface area contributed by atoms with E-state index < -0.39 is 5.91 Å². The van der Waals surface area contributed by atoms with Crippen molar-refractivity contribution in [2.75, 3.05) is 11.1 Å². The van der Waals surface area contributed by atoms with Gasteiger partial charge in [0.1, 0.15) is 5.76 Å². The molecule has 6 heteroatoms. The molecule has 1 aromatic carbocycles. The number of rotatable bonds is 4. The summed E-state index contributed by atoms with van der Waals surface area (Å²) in [6.07, 6.45) is 1.57. The molecule has 0 atom stereocenters. The van der Waals surface area contributed by atoms with Crippen LogP contribution in [0.25, 0.3) is 0 Å². The van der Waals surface area contributed by atoms with Crippen molar-refractivity contribution in [1.82, 2.24) is 0 Å². The van der Waals surface area contributed by atoms with E-state index in [9.17, 15) is 4.79 Å². The summed E-state index contributed by atoms with van der Waals surface area (Å²) in [4.78, 5) is 11.3. The molecule has 94 valence electrons. The number of furan rings is 1. The maximum absolute atomic E-state index is 11.3. The lowest BCUT2D eigenvalue weighted by molar-refractivity contribution is 0.100. The number of hydrogen-bond acceptors (Lipinski definition) is 4. The van der Waals surface area contributed by atoms with Gasteiger partial charge in [0.05, 0.1) is 29.1 Å². The summed E-state index contributed by atoms with van der Waals surface area (Å²) >= 11 is 6.04. The Morgan fingerprint density at radius 3 is 2.83 bits per heavy atom. The molecule has 0 bridgehead atoms. The van der Waals surface area contributed by atoms with Crippen molar-refractivity contribution >= 4 is 28.9 Å². The molecule has 18 heavy (non-hydrogen) atoms. The Hall–Kier alpha value is -2.14. The maximum atomic E-state index is 11.3. The minimum Gasteiger partial charge on any atom is -0.467 e. The van der Waals surface area contributed by atoms with Crippen LogP contribution in [-0.2, 0) is 6.54 Å². The zero-order valence-electron chi connectivity index (χ0n) is 9.44. The fourth-order valence-electron chi connectivity index (χ4n) is 1.59. The van der Waals surface area contributed by atoms with Crippen molar-refractivity contribution in [2.24, 2.45) is 5.73 Å². The first-order valence-electron chi connectivity index (χ1n) is 5.23. The Balaban J connectivity index is 2.28. The van der Waals surface area contributed by atoms with Crippen LogP contribution in [0.15, 0.2) is 34.9 Å². The van der Waals surface area contributed by atoms with E-state index in [0.29, 0.717) is 22.9 Å². The molecule has 2 rings (SSSR count). The third-order valence-electron chi connectivity index (χ3n) is 2.40. The molecule has 0 aliphatic carbocycles. The van der Waals surface area contributed by atoms with E-state index in [1.54, 1.807) is 18.4 Å². The van der Waals surface area contributed by atoms with Crippen molar-refractivity contribution in [3.05, 3.63) is 46.9 Å². The van der Waals surface area contributed by atoms with Crippen LogP contribution in [-0.4, -0.2) is 5.91 Å². The Morgan fingerprint density at radius 1 is 1.44 bits per heavy atom. The Kier molecular flexibility index (Phi) is 3.43. The first-order chi connectivity index (χ1) is 8.58. The summed E-state index contributed by atoms with van der Waals surface area (Å²) in [6, 6.07) is 6.62. The van der Waals surface area contributed by atoms with Crippen LogP contribution >= 0.6 is 11.6 Å². The SMILES string of the molecule is NC(=O)c1cc(N)cc(Cl)c1NCc1ccco1. The van der Waals surface area contributed by atoms with E-state index in [1.807, 2.05) is 6.07 Å². The highest BCUT2D eigenvalue weighted by atomic mass is 35.5. The van der Waals surface area contributed by atoms with E-state index in [1.165, 1.54) is 6.07 Å². The van der Waals surface area contributed by atoms with E-state index in [0.717, 1.165) is 5.76 Å². The highest BCUT2D eigenvalue weighted by molar-refractivity contribution is 6.34. The predicted molar refractivity (Wildman–Crippen MR) is 70.4 cm³/mol. The molecular formula is C12H12ClN3O2. The minimum atomic E-state index is -0.592. The third-order valence-corrected chi connectivity index (χ3v) is 2.70. The maximum Gasteiger partial charge on any atom is 0.250 e. The van der Waals surface area contributed by atoms with E-state index in [2.05, 4.69) is 5.32 Å². The van der Waals surface area contributed by atoms with Crippen molar-refractivity contribution in [3.63, 3.8) is 0 Å². The molecule has 1 aromatic heterocycles. The second-order valence-corrected chi connectivity index (χ2v) is 4.13. The molecule has 0 saturated heterocycles. The molecular weight excluding hydrogens is 254 g/mol. The van der Waals surface area contributed by atoms with Crippen molar-refractivity contribution in [3.8, 4) is 0 Å². The van der Waals surface area contributed by atoms with Crippen LogP contribution in [0.3, 0.4) is 0 Å². The molecule has 0 unspecified atom stereocenters. The summed E-state index contributed by atoms with van der Waals surface area (Å²) < 4.78 is 5.17. The van der Waals surface area contributed by atoms with Gasteiger partial charge in [0.2, 0.25) is 0 Å². The lowest BCUT2D eigenvalue weighted by Gasteiger charge is -2.12. The molecule has 1 amide bonds. The van der Waals surface area contributed by atoms with Gasteiger partial charge in [-0.05, 0) is 24.3 Å². The van der Waals surface area contributed by atoms with Gasteiger partial charge in [-0.3, -0.25) is 4.79 Å². The molecule has 0 radical (unpaired) electrons. The zero-order chi connectivity index (χ0) is 13.1. The Labute approximate surface area is 109 Å². The first-order valence-corrected chi connectivity index (χ1v) is 5.61. The standard InChI is InChI=1S/C12H12ClN3O2/c13-10-5-7(14)4-9(12(15)17)11(10)16-6-8-2-1-3-18-8/h1-5,16H,6,14H2,(H2,15,17). The quantitative estimate of drug-likeness (QED) is 0.739. The number of nitrogen functional groups attached to an aromatic ring is 1. The van der Waals surface area contributed by atoms with Gasteiger partial charge < -0.3 is 21.2 Å². The van der Waals surface area contributed by atoms with Gasteiger partial charge in [-0.25, -0.2) is 0 Å². The fraction of sp³-hybridized carbons (Fsp3) is 0.0833. The molecule has 5 nitrogen and oxygen atoms in total. The van der Waals surface area contributed by atoms with Crippen molar-refractivity contribution in [1.29, 1.82) is 0 Å². The van der Waals surface area contributed by atoms with Gasteiger partial charge in [-0.2, -0.15) is 0 Å². The van der Waals surface area contributed by atoms with Crippen molar-refractivity contribution in [2.45, 2.75) is 6.54 Å². The summed E-state index contributed by atoms with van der Waals surface area (Å²) in [5.41, 5.74) is 12.0. The van der Waals surface area contributed by atoms with Crippen LogP contribution in [0.4, 0.5) is 11.4 Å². The molecule has 0 fully saturated rings. The third kappa shape index (κ3) is 2.57. The summed E-state index contributed by atoms with van der Waals surface area (Å²) in [5.74, 6) is 0.129. The van der Waals surface area contributed by atoms with Crippen molar-refractivity contribution < 1.29 is 9.21 Å². The van der Waals surface area contributed by atoms with Crippen LogP contribution in [0.5, 0.6) is 0 Å². The Bertz CT molecular complexity index is 567. The molecule has 5 N–H and O–H groups in total. The van der Waals surface area contributed by atoms with Gasteiger partial charge in [0.25, 0.3) is 5.91 Å². The van der Waals surface area contributed by atoms with E-state index >= 15 is 0 Å². The predicted octanol–water partition coefficient (Wildman–Crippen LogP) is 2.23. The number of hydrogen-bond donors (Lipinski definition) is 3. The number of amides is 1. The normalized spacial score (nSPS) is 10.3. The van der Waals surface area contributed by atoms with Crippen LogP contribution in [0.1, 0.15) is 16.1 Å². The number of nitrogens with one attached hydrogen (secondary N) is 1. The second-order valence-electron chi connectivity index (χ2n) is 3.72. The highest BCUT2D eigenvalue weighted by Crippen LogP contribution is 2.29. The number of anilines is 2. The summed E-state index contributed by atoms with van der Waals surface area (Å²) in [6.45, 7) is 0.400. The minimum absolute atomic E-state index is 0.256. The van der Waals surface area contributed by atoms with E-state index in [4.69, 9.17) is 27.5 Å². The molecule has 0 aliphatic heterocycles. The van der Waals surface area contributed by atoms with Gasteiger partial charge in [0.15, 0.2) is 0 Å². The second kappa shape index (κ2) is 5.01. The number of halogens is 1. The number of carbonyl (C=O) groups is 1. The molecule has 0 spiro atoms. The van der Waals surface area contributed by atoms with Gasteiger partial charge >= 0.3 is 0 Å². The average molecular weight is 266 g/mol. The summed E-state index contributed by atoms with van der Waals surface area (Å²) in [7, 11) is 0. The molecule has 0 saturated carbocycles. The zero-order valence-corrected chi connectivity index (χ0v) is 10.2. The Morgan fingerprint density at radius 2 is 2.22 bits per heavy atom. The van der Waals surface area contributed by atoms with Gasteiger partial charge in [-0.15, -0.1) is 0 Å². The fourth-order valence-corrected chi connectivity index (χ4v) is 1.88. The smallest absolute Gasteiger partial charge is 0.250 e. The monoisotopic (exact) mass is 265 g/mol. The molecule has 1 heterocycles. The first kappa shape index (κ1) is 12.3. The van der Waals surface area contributed by atoms with Crippen LogP contribution in [0.2, 0.25) is 5.02 Å². The number of benzene rings is 1. The van der Waals surface area contributed by atoms with Gasteiger partial charge in [0, 0.05) is 5.69 Å². The lowest BCUT2D eigenvalue weighted by Crippen LogP contribution is -2.15. The number of primary amides is 1. The highest BCUT2D eigenvalue weighted by Gasteiger charge is 2.13. The molecule has 0 aliphatic rings. The van der Waals surface area contributed by atoms with Crippen LogP contribution in [0, 0.1) is 0 Å². The van der Waals surface area contributed by atoms with E-state index in [-0.39, 0.29) is 5.56 Å². The number of carbonyl (C=O) groups excluding carboxylic acids is 1. The topological polar surface area (TPSA) is 94.3 Å². The average Bonchev–Trinajstić information content (AvgIpc) is 2.79. The van der Waals surface area contributed by atoms with Gasteiger partial charge in [-0.1, -0.05) is 11.6 Å². The summed E-state index contributed by atoms with van der Waals surface area (Å²) in [5, 5.41) is 3.35. The van der Waals surface area contributed by atoms with Crippen LogP contribution < -0.4 is 16.8 Å².